The van der Waals surface area contributed by atoms with Gasteiger partial charge in [0.2, 0.25) is 0 Å². The average molecular weight is 303 g/mol. The van der Waals surface area contributed by atoms with Crippen LogP contribution in [-0.4, -0.2) is 22.3 Å². The van der Waals surface area contributed by atoms with Crippen LogP contribution in [0, 0.1) is 15.5 Å². The van der Waals surface area contributed by atoms with Crippen molar-refractivity contribution in [2.75, 3.05) is 0 Å². The van der Waals surface area contributed by atoms with Crippen molar-refractivity contribution in [1.29, 1.82) is 0 Å². The Labute approximate surface area is 127 Å². The summed E-state index contributed by atoms with van der Waals surface area (Å²) in [6.07, 6.45) is 1.31. The summed E-state index contributed by atoms with van der Waals surface area (Å²) in [4.78, 5) is 34.0. The lowest BCUT2D eigenvalue weighted by Crippen LogP contribution is -2.31. The second-order valence-corrected chi connectivity index (χ2v) is 6.13. The number of amides is 1. The number of para-hydroxylation sites is 1. The number of hydrazone groups is 1. The van der Waals surface area contributed by atoms with Crippen LogP contribution in [0.3, 0.4) is 0 Å². The average Bonchev–Trinajstić information content (AvgIpc) is 2.42. The van der Waals surface area contributed by atoms with Gasteiger partial charge < -0.3 is 0 Å². The number of nitro groups is 1. The number of nitro benzene ring substituents is 1. The molecule has 1 aromatic carbocycles. The van der Waals surface area contributed by atoms with E-state index in [0.717, 1.165) is 0 Å². The Morgan fingerprint density at radius 2 is 2.00 bits per heavy atom. The van der Waals surface area contributed by atoms with Crippen LogP contribution in [0.1, 0.15) is 43.5 Å². The molecule has 1 saturated carbocycles. The van der Waals surface area contributed by atoms with Crippen molar-refractivity contribution in [3.8, 4) is 0 Å². The first-order valence-electron chi connectivity index (χ1n) is 6.89. The Balaban J connectivity index is 2.15. The van der Waals surface area contributed by atoms with Crippen LogP contribution in [0.25, 0.3) is 0 Å². The minimum Gasteiger partial charge on any atom is -0.299 e. The second kappa shape index (κ2) is 6.05. The third kappa shape index (κ3) is 3.75. The Morgan fingerprint density at radius 3 is 2.64 bits per heavy atom. The maximum Gasteiger partial charge on any atom is 0.282 e. The van der Waals surface area contributed by atoms with Crippen LogP contribution in [0.2, 0.25) is 0 Å². The van der Waals surface area contributed by atoms with Gasteiger partial charge in [0.1, 0.15) is 11.3 Å². The van der Waals surface area contributed by atoms with Crippen LogP contribution in [-0.2, 0) is 4.79 Å². The molecule has 0 atom stereocenters. The minimum absolute atomic E-state index is 0.0572. The van der Waals surface area contributed by atoms with Gasteiger partial charge in [-0.25, -0.2) is 5.43 Å². The van der Waals surface area contributed by atoms with Gasteiger partial charge in [-0.3, -0.25) is 19.7 Å². The predicted molar refractivity (Wildman–Crippen MR) is 80.6 cm³/mol. The molecule has 1 aromatic rings. The fraction of sp³-hybridized carbons (Fsp3) is 0.400. The van der Waals surface area contributed by atoms with E-state index in [9.17, 15) is 19.7 Å². The van der Waals surface area contributed by atoms with Gasteiger partial charge in [-0.2, -0.15) is 5.10 Å². The van der Waals surface area contributed by atoms with E-state index in [0.29, 0.717) is 18.6 Å². The molecule has 7 heteroatoms. The molecule has 0 unspecified atom stereocenters. The number of hydrogen-bond donors (Lipinski definition) is 1. The van der Waals surface area contributed by atoms with Gasteiger partial charge in [0.15, 0.2) is 0 Å². The number of rotatable bonds is 3. The molecule has 0 heterocycles. The highest BCUT2D eigenvalue weighted by Gasteiger charge is 2.30. The summed E-state index contributed by atoms with van der Waals surface area (Å²) in [6, 6.07) is 5.66. The fourth-order valence-electron chi connectivity index (χ4n) is 2.60. The molecular formula is C15H17N3O4. The molecule has 7 nitrogen and oxygen atoms in total. The zero-order valence-corrected chi connectivity index (χ0v) is 12.5. The number of nitrogens with zero attached hydrogens (tertiary/aromatic N) is 2. The van der Waals surface area contributed by atoms with Gasteiger partial charge in [0, 0.05) is 24.6 Å². The van der Waals surface area contributed by atoms with E-state index in [2.05, 4.69) is 10.5 Å². The first-order chi connectivity index (χ1) is 10.3. The van der Waals surface area contributed by atoms with Crippen molar-refractivity contribution in [2.45, 2.75) is 33.1 Å². The Bertz CT molecular complexity index is 665. The molecule has 22 heavy (non-hydrogen) atoms. The number of carbonyl (C=O) groups is 2. The molecule has 0 bridgehead atoms. The van der Waals surface area contributed by atoms with Crippen molar-refractivity contribution < 1.29 is 14.5 Å². The third-order valence-corrected chi connectivity index (χ3v) is 3.42. The quantitative estimate of drug-likeness (QED) is 0.684. The number of hydrogen-bond acceptors (Lipinski definition) is 5. The highest BCUT2D eigenvalue weighted by molar-refractivity contribution is 6.05. The largest absolute Gasteiger partial charge is 0.299 e. The van der Waals surface area contributed by atoms with Crippen LogP contribution in [0.4, 0.5) is 5.69 Å². The van der Waals surface area contributed by atoms with Crippen LogP contribution in [0.15, 0.2) is 29.4 Å². The molecule has 0 saturated heterocycles. The molecule has 0 radical (unpaired) electrons. The molecule has 0 aliphatic heterocycles. The van der Waals surface area contributed by atoms with E-state index in [4.69, 9.17) is 0 Å². The lowest BCUT2D eigenvalue weighted by Gasteiger charge is -2.28. The van der Waals surface area contributed by atoms with E-state index in [1.807, 2.05) is 13.8 Å². The number of benzene rings is 1. The monoisotopic (exact) mass is 303 g/mol. The van der Waals surface area contributed by atoms with Gasteiger partial charge in [0.25, 0.3) is 11.6 Å². The fourth-order valence-corrected chi connectivity index (χ4v) is 2.60. The number of nitrogens with one attached hydrogen (secondary N) is 1. The van der Waals surface area contributed by atoms with Gasteiger partial charge in [-0.05, 0) is 17.9 Å². The molecular weight excluding hydrogens is 286 g/mol. The summed E-state index contributed by atoms with van der Waals surface area (Å²) in [5, 5.41) is 14.9. The van der Waals surface area contributed by atoms with Gasteiger partial charge in [-0.1, -0.05) is 26.0 Å². The number of carbonyl (C=O) groups excluding carboxylic acids is 2. The summed E-state index contributed by atoms with van der Waals surface area (Å²) in [7, 11) is 0. The second-order valence-electron chi connectivity index (χ2n) is 6.13. The predicted octanol–water partition coefficient (Wildman–Crippen LogP) is 2.46. The topological polar surface area (TPSA) is 102 Å². The lowest BCUT2D eigenvalue weighted by atomic mass is 9.76. The maximum absolute atomic E-state index is 12.0. The van der Waals surface area contributed by atoms with E-state index in [1.54, 1.807) is 6.07 Å². The Hall–Kier alpha value is -2.57. The highest BCUT2D eigenvalue weighted by Crippen LogP contribution is 2.31. The van der Waals surface area contributed by atoms with Crippen molar-refractivity contribution in [3.63, 3.8) is 0 Å². The molecule has 1 amide bonds. The van der Waals surface area contributed by atoms with Crippen LogP contribution in [0.5, 0.6) is 0 Å². The van der Waals surface area contributed by atoms with E-state index >= 15 is 0 Å². The summed E-state index contributed by atoms with van der Waals surface area (Å²) in [5.41, 5.74) is 2.39. The van der Waals surface area contributed by atoms with Crippen molar-refractivity contribution in [1.82, 2.24) is 5.43 Å². The summed E-state index contributed by atoms with van der Waals surface area (Å²) < 4.78 is 0. The zero-order chi connectivity index (χ0) is 16.3. The Kier molecular flexibility index (Phi) is 4.35. The smallest absolute Gasteiger partial charge is 0.282 e. The number of ketones is 1. The minimum atomic E-state index is -0.657. The van der Waals surface area contributed by atoms with E-state index < -0.39 is 10.8 Å². The molecule has 1 fully saturated rings. The summed E-state index contributed by atoms with van der Waals surface area (Å²) >= 11 is 0. The van der Waals surface area contributed by atoms with Crippen molar-refractivity contribution in [2.24, 2.45) is 10.5 Å². The first-order valence-corrected chi connectivity index (χ1v) is 6.89. The first kappa shape index (κ1) is 15.8. The van der Waals surface area contributed by atoms with Crippen LogP contribution < -0.4 is 5.43 Å². The van der Waals surface area contributed by atoms with Crippen molar-refractivity contribution >= 4 is 23.1 Å². The van der Waals surface area contributed by atoms with Gasteiger partial charge >= 0.3 is 0 Å². The van der Waals surface area contributed by atoms with Gasteiger partial charge in [-0.15, -0.1) is 0 Å². The van der Waals surface area contributed by atoms with Crippen molar-refractivity contribution in [3.05, 3.63) is 39.9 Å². The van der Waals surface area contributed by atoms with E-state index in [-0.39, 0.29) is 28.9 Å². The SMILES string of the molecule is CC1(C)CC(=O)CC(=NNC(=O)c2ccccc2[N+](=O)[O-])C1. The molecule has 0 spiro atoms. The normalized spacial score (nSPS) is 19.0. The molecule has 1 aliphatic rings. The maximum atomic E-state index is 12.0. The molecule has 1 N–H and O–H groups in total. The zero-order valence-electron chi connectivity index (χ0n) is 12.5. The molecule has 116 valence electrons. The molecule has 0 aromatic heterocycles. The van der Waals surface area contributed by atoms with Crippen LogP contribution >= 0.6 is 0 Å². The summed E-state index contributed by atoms with van der Waals surface area (Å²) in [5.74, 6) is -0.578. The summed E-state index contributed by atoms with van der Waals surface area (Å²) in [6.45, 7) is 3.92. The molecule has 1 aliphatic carbocycles. The van der Waals surface area contributed by atoms with Gasteiger partial charge in [0.05, 0.1) is 4.92 Å². The number of Topliss-reactive ketones (excluding diaryl/α,β-unsaturated/α-hetero) is 1. The standard InChI is InChI=1S/C15H17N3O4/c1-15(2)8-10(7-11(19)9-15)16-17-14(20)12-5-3-4-6-13(12)18(21)22/h3-6H,7-9H2,1-2H3,(H,17,20). The Morgan fingerprint density at radius 1 is 1.32 bits per heavy atom. The highest BCUT2D eigenvalue weighted by atomic mass is 16.6. The molecule has 2 rings (SSSR count). The third-order valence-electron chi connectivity index (χ3n) is 3.42. The van der Waals surface area contributed by atoms with E-state index in [1.165, 1.54) is 18.2 Å². The lowest BCUT2D eigenvalue weighted by molar-refractivity contribution is -0.385.